The summed E-state index contributed by atoms with van der Waals surface area (Å²) in [5.74, 6) is -2.13. The van der Waals surface area contributed by atoms with Gasteiger partial charge in [-0.2, -0.15) is 0 Å². The Kier molecular flexibility index (Phi) is 5.77. The van der Waals surface area contributed by atoms with E-state index in [-0.39, 0.29) is 11.3 Å². The molecule has 0 spiro atoms. The Balaban J connectivity index is 1.51. The first-order valence-corrected chi connectivity index (χ1v) is 10.0. The molecule has 33 heavy (non-hydrogen) atoms. The minimum atomic E-state index is -1.03. The van der Waals surface area contributed by atoms with Crippen LogP contribution in [-0.2, 0) is 9.59 Å². The number of urea groups is 1. The number of rotatable bonds is 6. The van der Waals surface area contributed by atoms with Crippen LogP contribution in [0.5, 0.6) is 0 Å². The summed E-state index contributed by atoms with van der Waals surface area (Å²) < 4.78 is 1.74. The van der Waals surface area contributed by atoms with E-state index in [1.807, 2.05) is 19.1 Å². The number of hydrogen-bond donors (Lipinski definition) is 3. The van der Waals surface area contributed by atoms with Crippen molar-refractivity contribution in [2.24, 2.45) is 0 Å². The fourth-order valence-corrected chi connectivity index (χ4v) is 3.42. The summed E-state index contributed by atoms with van der Waals surface area (Å²) in [5, 5.41) is 14.3. The van der Waals surface area contributed by atoms with Gasteiger partial charge in [0.25, 0.3) is 5.91 Å². The number of imide groups is 1. The number of carboxylic acids is 1. The van der Waals surface area contributed by atoms with Gasteiger partial charge in [-0.1, -0.05) is 18.2 Å². The van der Waals surface area contributed by atoms with Crippen molar-refractivity contribution in [2.45, 2.75) is 6.92 Å². The molecule has 1 saturated heterocycles. The number of carbonyl (C=O) groups excluding carboxylic acids is 3. The second-order valence-electron chi connectivity index (χ2n) is 7.40. The molecule has 9 heteroatoms. The molecule has 0 unspecified atom stereocenters. The number of aromatic nitrogens is 1. The standard InChI is InChI=1S/C24H20N4O5/c1-15-5-2-3-7-19(15)25-21(29)14-28-22(30)20(26-24(28)33)13-18-6-4-12-27(18)17-10-8-16(9-11-17)23(31)32/h2-13H,14H2,1H3,(H,25,29)(H,26,33)(H,31,32). The van der Waals surface area contributed by atoms with E-state index >= 15 is 0 Å². The Labute approximate surface area is 188 Å². The van der Waals surface area contributed by atoms with Crippen molar-refractivity contribution in [3.8, 4) is 5.69 Å². The number of nitrogens with one attached hydrogen (secondary N) is 2. The molecular weight excluding hydrogens is 424 g/mol. The van der Waals surface area contributed by atoms with Gasteiger partial charge in [0, 0.05) is 23.3 Å². The largest absolute Gasteiger partial charge is 0.478 e. The molecule has 0 aliphatic carbocycles. The summed E-state index contributed by atoms with van der Waals surface area (Å²) in [7, 11) is 0. The lowest BCUT2D eigenvalue weighted by Crippen LogP contribution is -2.38. The average molecular weight is 444 g/mol. The quantitative estimate of drug-likeness (QED) is 0.399. The number of para-hydroxylation sites is 1. The van der Waals surface area contributed by atoms with Crippen molar-refractivity contribution in [3.05, 3.63) is 89.4 Å². The number of anilines is 1. The number of benzene rings is 2. The van der Waals surface area contributed by atoms with E-state index in [9.17, 15) is 19.2 Å². The van der Waals surface area contributed by atoms with Crippen LogP contribution in [0.25, 0.3) is 11.8 Å². The van der Waals surface area contributed by atoms with E-state index in [0.717, 1.165) is 10.5 Å². The molecule has 0 bridgehead atoms. The predicted molar refractivity (Wildman–Crippen MR) is 121 cm³/mol. The molecule has 4 amide bonds. The maximum absolute atomic E-state index is 12.8. The van der Waals surface area contributed by atoms with Crippen molar-refractivity contribution >= 4 is 35.6 Å². The third-order valence-electron chi connectivity index (χ3n) is 5.15. The molecule has 1 aromatic heterocycles. The van der Waals surface area contributed by atoms with E-state index in [2.05, 4.69) is 10.6 Å². The molecule has 166 valence electrons. The molecule has 9 nitrogen and oxygen atoms in total. The summed E-state index contributed by atoms with van der Waals surface area (Å²) in [6.07, 6.45) is 3.25. The highest BCUT2D eigenvalue weighted by molar-refractivity contribution is 6.15. The highest BCUT2D eigenvalue weighted by Crippen LogP contribution is 2.19. The maximum atomic E-state index is 12.8. The Morgan fingerprint density at radius 3 is 2.45 bits per heavy atom. The zero-order valence-electron chi connectivity index (χ0n) is 17.6. The molecule has 4 rings (SSSR count). The number of amides is 4. The van der Waals surface area contributed by atoms with Crippen molar-refractivity contribution in [1.82, 2.24) is 14.8 Å². The van der Waals surface area contributed by atoms with Gasteiger partial charge in [-0.05, 0) is 61.0 Å². The van der Waals surface area contributed by atoms with Gasteiger partial charge in [-0.3, -0.25) is 9.59 Å². The maximum Gasteiger partial charge on any atom is 0.335 e. The third kappa shape index (κ3) is 4.52. The summed E-state index contributed by atoms with van der Waals surface area (Å²) in [4.78, 5) is 49.4. The first-order chi connectivity index (χ1) is 15.8. The van der Waals surface area contributed by atoms with Crippen LogP contribution in [0, 0.1) is 6.92 Å². The second kappa shape index (κ2) is 8.83. The third-order valence-corrected chi connectivity index (χ3v) is 5.15. The van der Waals surface area contributed by atoms with Gasteiger partial charge in [0.2, 0.25) is 5.91 Å². The first kappa shape index (κ1) is 21.6. The lowest BCUT2D eigenvalue weighted by atomic mass is 10.2. The highest BCUT2D eigenvalue weighted by atomic mass is 16.4. The first-order valence-electron chi connectivity index (χ1n) is 10.0. The molecule has 1 fully saturated rings. The van der Waals surface area contributed by atoms with Crippen LogP contribution in [0.4, 0.5) is 10.5 Å². The van der Waals surface area contributed by atoms with E-state index in [1.54, 1.807) is 47.2 Å². The monoisotopic (exact) mass is 444 g/mol. The lowest BCUT2D eigenvalue weighted by molar-refractivity contribution is -0.127. The van der Waals surface area contributed by atoms with E-state index in [1.165, 1.54) is 18.2 Å². The summed E-state index contributed by atoms with van der Waals surface area (Å²) >= 11 is 0. The van der Waals surface area contributed by atoms with Gasteiger partial charge in [0.1, 0.15) is 12.2 Å². The Morgan fingerprint density at radius 2 is 1.76 bits per heavy atom. The fraction of sp³-hybridized carbons (Fsp3) is 0.0833. The predicted octanol–water partition coefficient (Wildman–Crippen LogP) is 3.02. The topological polar surface area (TPSA) is 121 Å². The number of aryl methyl sites for hydroxylation is 1. The highest BCUT2D eigenvalue weighted by Gasteiger charge is 2.35. The van der Waals surface area contributed by atoms with Crippen molar-refractivity contribution in [3.63, 3.8) is 0 Å². The molecule has 1 aliphatic heterocycles. The molecule has 2 heterocycles. The normalized spacial score (nSPS) is 14.5. The van der Waals surface area contributed by atoms with E-state index in [4.69, 9.17) is 5.11 Å². The minimum absolute atomic E-state index is 0.0331. The van der Waals surface area contributed by atoms with Gasteiger partial charge in [0.15, 0.2) is 0 Å². The van der Waals surface area contributed by atoms with Crippen LogP contribution >= 0.6 is 0 Å². The molecular formula is C24H20N4O5. The van der Waals surface area contributed by atoms with Gasteiger partial charge in [-0.25, -0.2) is 14.5 Å². The molecule has 0 atom stereocenters. The lowest BCUT2D eigenvalue weighted by Gasteiger charge is -2.13. The summed E-state index contributed by atoms with van der Waals surface area (Å²) in [6.45, 7) is 1.42. The Bertz CT molecular complexity index is 1290. The SMILES string of the molecule is Cc1ccccc1NC(=O)CN1C(=O)NC(=Cc2cccn2-c2ccc(C(=O)O)cc2)C1=O. The molecule has 0 saturated carbocycles. The van der Waals surface area contributed by atoms with E-state index in [0.29, 0.717) is 17.1 Å². The van der Waals surface area contributed by atoms with Crippen molar-refractivity contribution in [2.75, 3.05) is 11.9 Å². The van der Waals surface area contributed by atoms with Gasteiger partial charge < -0.3 is 20.3 Å². The zero-order chi connectivity index (χ0) is 23.5. The van der Waals surface area contributed by atoms with Crippen LogP contribution < -0.4 is 10.6 Å². The summed E-state index contributed by atoms with van der Waals surface area (Å²) in [5.41, 5.74) is 2.93. The van der Waals surface area contributed by atoms with Gasteiger partial charge in [0.05, 0.1) is 5.56 Å². The number of carboxylic acid groups (broad SMARTS) is 1. The molecule has 0 radical (unpaired) electrons. The smallest absolute Gasteiger partial charge is 0.335 e. The number of aromatic carboxylic acids is 1. The Hall–Kier alpha value is -4.66. The van der Waals surface area contributed by atoms with Crippen molar-refractivity contribution in [1.29, 1.82) is 0 Å². The van der Waals surface area contributed by atoms with Crippen LogP contribution in [0.15, 0.2) is 72.6 Å². The number of hydrogen-bond acceptors (Lipinski definition) is 4. The van der Waals surface area contributed by atoms with Crippen LogP contribution in [0.3, 0.4) is 0 Å². The zero-order valence-corrected chi connectivity index (χ0v) is 17.6. The molecule has 1 aliphatic rings. The second-order valence-corrected chi connectivity index (χ2v) is 7.40. The number of carbonyl (C=O) groups is 4. The van der Waals surface area contributed by atoms with Crippen LogP contribution in [0.2, 0.25) is 0 Å². The van der Waals surface area contributed by atoms with Crippen LogP contribution in [0.1, 0.15) is 21.6 Å². The van der Waals surface area contributed by atoms with Gasteiger partial charge in [-0.15, -0.1) is 0 Å². The molecule has 3 aromatic rings. The average Bonchev–Trinajstić information content (AvgIpc) is 3.35. The van der Waals surface area contributed by atoms with E-state index < -0.39 is 30.4 Å². The minimum Gasteiger partial charge on any atom is -0.478 e. The summed E-state index contributed by atoms with van der Waals surface area (Å²) in [6, 6.07) is 16.3. The van der Waals surface area contributed by atoms with Crippen LogP contribution in [-0.4, -0.2) is 44.9 Å². The molecule has 2 aromatic carbocycles. The fourth-order valence-electron chi connectivity index (χ4n) is 3.42. The Morgan fingerprint density at radius 1 is 1.03 bits per heavy atom. The van der Waals surface area contributed by atoms with Gasteiger partial charge >= 0.3 is 12.0 Å². The van der Waals surface area contributed by atoms with Crippen molar-refractivity contribution < 1.29 is 24.3 Å². The number of nitrogens with zero attached hydrogens (tertiary/aromatic N) is 2. The molecule has 3 N–H and O–H groups in total.